The molecule has 0 atom stereocenters. The zero-order valence-corrected chi connectivity index (χ0v) is 14.1. The summed E-state index contributed by atoms with van der Waals surface area (Å²) in [7, 11) is -3.12. The molecule has 1 aromatic heterocycles. The van der Waals surface area contributed by atoms with Crippen LogP contribution in [0.1, 0.15) is 36.3 Å². The van der Waals surface area contributed by atoms with Gasteiger partial charge in [0.05, 0.1) is 11.9 Å². The Morgan fingerprint density at radius 1 is 1.36 bits per heavy atom. The minimum absolute atomic E-state index is 0.0159. The van der Waals surface area contributed by atoms with Crippen LogP contribution in [-0.4, -0.2) is 49.2 Å². The number of nitrogens with zero attached hydrogens (tertiary/aromatic N) is 2. The van der Waals surface area contributed by atoms with Crippen molar-refractivity contribution in [3.05, 3.63) is 17.0 Å². The third kappa shape index (κ3) is 4.30. The number of nitrogens with one attached hydrogen (secondary N) is 1. The summed E-state index contributed by atoms with van der Waals surface area (Å²) in [4.78, 5) is 12.0. The van der Waals surface area contributed by atoms with E-state index in [0.29, 0.717) is 38.8 Å². The Bertz CT molecular complexity index is 611. The summed E-state index contributed by atoms with van der Waals surface area (Å²) >= 11 is 0. The van der Waals surface area contributed by atoms with E-state index in [-0.39, 0.29) is 11.9 Å². The quantitative estimate of drug-likeness (QED) is 0.861. The Morgan fingerprint density at radius 3 is 2.50 bits per heavy atom. The molecule has 0 aliphatic carbocycles. The second-order valence-corrected chi connectivity index (χ2v) is 7.79. The predicted molar refractivity (Wildman–Crippen MR) is 81.9 cm³/mol. The maximum Gasteiger partial charge on any atom is 0.220 e. The smallest absolute Gasteiger partial charge is 0.220 e. The molecule has 1 saturated heterocycles. The van der Waals surface area contributed by atoms with Gasteiger partial charge in [0.2, 0.25) is 15.9 Å². The first kappa shape index (κ1) is 17.0. The second kappa shape index (κ2) is 6.78. The maximum absolute atomic E-state index is 12.0. The van der Waals surface area contributed by atoms with E-state index in [4.69, 9.17) is 4.52 Å². The molecule has 0 radical (unpaired) electrons. The van der Waals surface area contributed by atoms with Crippen LogP contribution in [0.2, 0.25) is 0 Å². The van der Waals surface area contributed by atoms with Crippen LogP contribution in [0.4, 0.5) is 0 Å². The van der Waals surface area contributed by atoms with Crippen molar-refractivity contribution in [1.29, 1.82) is 0 Å². The van der Waals surface area contributed by atoms with E-state index in [2.05, 4.69) is 10.5 Å². The van der Waals surface area contributed by atoms with Gasteiger partial charge in [-0.1, -0.05) is 5.16 Å². The molecule has 7 nitrogen and oxygen atoms in total. The largest absolute Gasteiger partial charge is 0.361 e. The molecule has 0 saturated carbocycles. The average molecular weight is 329 g/mol. The third-order valence-corrected chi connectivity index (χ3v) is 5.37. The van der Waals surface area contributed by atoms with Crippen molar-refractivity contribution < 1.29 is 17.7 Å². The van der Waals surface area contributed by atoms with Gasteiger partial charge in [-0.15, -0.1) is 0 Å². The predicted octanol–water partition coefficient (Wildman–Crippen LogP) is 0.764. The molecule has 124 valence electrons. The van der Waals surface area contributed by atoms with E-state index in [0.717, 1.165) is 17.0 Å². The minimum atomic E-state index is -3.12. The van der Waals surface area contributed by atoms with Crippen molar-refractivity contribution in [2.45, 2.75) is 45.6 Å². The first-order chi connectivity index (χ1) is 10.3. The molecular formula is C14H23N3O4S. The Morgan fingerprint density at radius 2 is 2.00 bits per heavy atom. The first-order valence-corrected chi connectivity index (χ1v) is 9.28. The Hall–Kier alpha value is -1.41. The van der Waals surface area contributed by atoms with E-state index in [9.17, 15) is 13.2 Å². The van der Waals surface area contributed by atoms with E-state index in [1.807, 2.05) is 13.8 Å². The lowest BCUT2D eigenvalue weighted by Crippen LogP contribution is -2.46. The summed E-state index contributed by atoms with van der Waals surface area (Å²) in [6.45, 7) is 4.64. The van der Waals surface area contributed by atoms with E-state index in [1.54, 1.807) is 0 Å². The van der Waals surface area contributed by atoms with Gasteiger partial charge in [-0.2, -0.15) is 0 Å². The summed E-state index contributed by atoms with van der Waals surface area (Å²) in [5.41, 5.74) is 1.81. The number of hydrogen-bond donors (Lipinski definition) is 1. The number of rotatable bonds is 5. The number of aryl methyl sites for hydroxylation is 2. The zero-order chi connectivity index (χ0) is 16.3. The summed E-state index contributed by atoms with van der Waals surface area (Å²) < 4.78 is 29.4. The van der Waals surface area contributed by atoms with Gasteiger partial charge < -0.3 is 9.84 Å². The molecular weight excluding hydrogens is 306 g/mol. The molecule has 1 aliphatic rings. The summed E-state index contributed by atoms with van der Waals surface area (Å²) in [5.74, 6) is 0.740. The van der Waals surface area contributed by atoms with Crippen LogP contribution in [0.5, 0.6) is 0 Å². The maximum atomic E-state index is 12.0. The highest BCUT2D eigenvalue weighted by Gasteiger charge is 2.25. The minimum Gasteiger partial charge on any atom is -0.361 e. The lowest BCUT2D eigenvalue weighted by atomic mass is 10.1. The van der Waals surface area contributed by atoms with Gasteiger partial charge in [-0.05, 0) is 33.1 Å². The van der Waals surface area contributed by atoms with E-state index >= 15 is 0 Å². The highest BCUT2D eigenvalue weighted by atomic mass is 32.2. The fourth-order valence-electron chi connectivity index (χ4n) is 2.73. The summed E-state index contributed by atoms with van der Waals surface area (Å²) in [5, 5.41) is 6.85. The number of piperidine rings is 1. The van der Waals surface area contributed by atoms with Gasteiger partial charge in [-0.3, -0.25) is 4.79 Å². The topological polar surface area (TPSA) is 92.5 Å². The van der Waals surface area contributed by atoms with Crippen LogP contribution in [0.3, 0.4) is 0 Å². The number of carbonyl (C=O) groups excluding carboxylic acids is 1. The Labute approximate surface area is 131 Å². The average Bonchev–Trinajstić information content (AvgIpc) is 2.75. The monoisotopic (exact) mass is 329 g/mol. The molecule has 2 rings (SSSR count). The molecule has 1 N–H and O–H groups in total. The van der Waals surface area contributed by atoms with Crippen LogP contribution in [0.25, 0.3) is 0 Å². The highest BCUT2D eigenvalue weighted by molar-refractivity contribution is 7.88. The Kier molecular flexibility index (Phi) is 5.23. The summed E-state index contributed by atoms with van der Waals surface area (Å²) in [6.07, 6.45) is 3.52. The van der Waals surface area contributed by atoms with Gasteiger partial charge in [0.1, 0.15) is 5.76 Å². The van der Waals surface area contributed by atoms with Crippen LogP contribution in [0.15, 0.2) is 4.52 Å². The van der Waals surface area contributed by atoms with Crippen molar-refractivity contribution in [1.82, 2.24) is 14.8 Å². The molecule has 1 fully saturated rings. The van der Waals surface area contributed by atoms with Gasteiger partial charge in [0, 0.05) is 31.1 Å². The van der Waals surface area contributed by atoms with Gasteiger partial charge >= 0.3 is 0 Å². The fourth-order valence-corrected chi connectivity index (χ4v) is 3.60. The Balaban J connectivity index is 1.77. The van der Waals surface area contributed by atoms with E-state index < -0.39 is 10.0 Å². The van der Waals surface area contributed by atoms with Crippen molar-refractivity contribution >= 4 is 15.9 Å². The van der Waals surface area contributed by atoms with Gasteiger partial charge in [-0.25, -0.2) is 12.7 Å². The van der Waals surface area contributed by atoms with Crippen molar-refractivity contribution in [2.75, 3.05) is 19.3 Å². The standard InChI is InChI=1S/C14H23N3O4S/c1-10-13(11(2)21-16-10)4-5-14(18)15-12-6-8-17(9-7-12)22(3,19)20/h12H,4-9H2,1-3H3,(H,15,18). The molecule has 0 aromatic carbocycles. The molecule has 8 heteroatoms. The van der Waals surface area contributed by atoms with Crippen molar-refractivity contribution in [3.8, 4) is 0 Å². The molecule has 1 aliphatic heterocycles. The molecule has 1 aromatic rings. The van der Waals surface area contributed by atoms with Crippen molar-refractivity contribution in [3.63, 3.8) is 0 Å². The van der Waals surface area contributed by atoms with Crippen LogP contribution in [-0.2, 0) is 21.2 Å². The second-order valence-electron chi connectivity index (χ2n) is 5.81. The lowest BCUT2D eigenvalue weighted by molar-refractivity contribution is -0.122. The van der Waals surface area contributed by atoms with Crippen LogP contribution < -0.4 is 5.32 Å². The number of amides is 1. The van der Waals surface area contributed by atoms with Crippen LogP contribution in [0, 0.1) is 13.8 Å². The molecule has 2 heterocycles. The summed E-state index contributed by atoms with van der Waals surface area (Å²) in [6, 6.07) is 0.0511. The number of hydrogen-bond acceptors (Lipinski definition) is 5. The molecule has 0 spiro atoms. The van der Waals surface area contributed by atoms with Crippen LogP contribution >= 0.6 is 0 Å². The number of sulfonamides is 1. The number of carbonyl (C=O) groups is 1. The SMILES string of the molecule is Cc1noc(C)c1CCC(=O)NC1CCN(S(C)(=O)=O)CC1. The van der Waals surface area contributed by atoms with Gasteiger partial charge in [0.15, 0.2) is 0 Å². The van der Waals surface area contributed by atoms with E-state index in [1.165, 1.54) is 10.6 Å². The van der Waals surface area contributed by atoms with Gasteiger partial charge in [0.25, 0.3) is 0 Å². The lowest BCUT2D eigenvalue weighted by Gasteiger charge is -2.30. The highest BCUT2D eigenvalue weighted by Crippen LogP contribution is 2.16. The first-order valence-electron chi connectivity index (χ1n) is 7.43. The molecule has 0 unspecified atom stereocenters. The third-order valence-electron chi connectivity index (χ3n) is 4.07. The zero-order valence-electron chi connectivity index (χ0n) is 13.3. The van der Waals surface area contributed by atoms with Crippen molar-refractivity contribution in [2.24, 2.45) is 0 Å². The normalized spacial score (nSPS) is 17.6. The fraction of sp³-hybridized carbons (Fsp3) is 0.714. The number of aromatic nitrogens is 1. The molecule has 1 amide bonds. The molecule has 22 heavy (non-hydrogen) atoms. The molecule has 0 bridgehead atoms.